The fraction of sp³-hybridized carbons (Fsp3) is 0.357. The molecule has 9 heteroatoms. The highest BCUT2D eigenvalue weighted by Gasteiger charge is 2.15. The van der Waals surface area contributed by atoms with Gasteiger partial charge in [0, 0.05) is 18.8 Å². The van der Waals surface area contributed by atoms with Crippen LogP contribution in [0, 0.1) is 0 Å². The molecule has 0 heterocycles. The van der Waals surface area contributed by atoms with Gasteiger partial charge >= 0.3 is 11.9 Å². The number of aliphatic carboxylic acids is 2. The molecule has 1 unspecified atom stereocenters. The van der Waals surface area contributed by atoms with E-state index in [-0.39, 0.29) is 13.1 Å². The molecule has 1 aromatic carbocycles. The maximum absolute atomic E-state index is 11.7. The fourth-order valence-corrected chi connectivity index (χ4v) is 1.90. The van der Waals surface area contributed by atoms with E-state index in [1.54, 1.807) is 24.3 Å². The van der Waals surface area contributed by atoms with E-state index < -0.39 is 37.0 Å². The van der Waals surface area contributed by atoms with Gasteiger partial charge in [-0.25, -0.2) is 0 Å². The van der Waals surface area contributed by atoms with E-state index >= 15 is 0 Å². The summed E-state index contributed by atoms with van der Waals surface area (Å²) in [6.45, 7) is -0.677. The summed E-state index contributed by atoms with van der Waals surface area (Å²) in [6, 6.07) is 5.81. The number of amides is 1. The highest BCUT2D eigenvalue weighted by molar-refractivity contribution is 5.94. The van der Waals surface area contributed by atoms with Gasteiger partial charge < -0.3 is 27.0 Å². The van der Waals surface area contributed by atoms with Crippen LogP contribution in [0.15, 0.2) is 24.3 Å². The largest absolute Gasteiger partial charge is 0.480 e. The molecule has 0 fully saturated rings. The van der Waals surface area contributed by atoms with Gasteiger partial charge in [-0.05, 0) is 17.7 Å². The van der Waals surface area contributed by atoms with Crippen molar-refractivity contribution in [3.63, 3.8) is 0 Å². The Morgan fingerprint density at radius 2 is 1.78 bits per heavy atom. The molecular formula is C14H20N4O5. The van der Waals surface area contributed by atoms with E-state index in [0.29, 0.717) is 11.3 Å². The standard InChI is InChI=1S/C14H20N4O5/c15-5-11(16)14(23)17-10-3-1-2-9(4-10)6-18(7-12(19)20)8-13(21)22/h1-4,11H,5-8,15-16H2,(H,17,23)(H,19,20)(H,21,22). The summed E-state index contributed by atoms with van der Waals surface area (Å²) in [6.07, 6.45) is 0. The van der Waals surface area contributed by atoms with Crippen LogP contribution in [0.3, 0.4) is 0 Å². The first-order chi connectivity index (χ1) is 10.8. The van der Waals surface area contributed by atoms with Crippen molar-refractivity contribution in [1.82, 2.24) is 4.90 Å². The molecule has 0 bridgehead atoms. The summed E-state index contributed by atoms with van der Waals surface area (Å²) in [5.41, 5.74) is 12.0. The average molecular weight is 324 g/mol. The summed E-state index contributed by atoms with van der Waals surface area (Å²) in [4.78, 5) is 34.5. The van der Waals surface area contributed by atoms with Crippen molar-refractivity contribution < 1.29 is 24.6 Å². The van der Waals surface area contributed by atoms with E-state index in [2.05, 4.69) is 5.32 Å². The van der Waals surface area contributed by atoms with Gasteiger partial charge in [-0.2, -0.15) is 0 Å². The SMILES string of the molecule is NCC(N)C(=O)Nc1cccc(CN(CC(=O)O)CC(=O)O)c1. The second kappa shape index (κ2) is 8.83. The van der Waals surface area contributed by atoms with Gasteiger partial charge in [-0.1, -0.05) is 12.1 Å². The summed E-state index contributed by atoms with van der Waals surface area (Å²) in [7, 11) is 0. The molecule has 0 aliphatic rings. The Bertz CT molecular complexity index is 562. The lowest BCUT2D eigenvalue weighted by Gasteiger charge is -2.18. The highest BCUT2D eigenvalue weighted by atomic mass is 16.4. The zero-order valence-electron chi connectivity index (χ0n) is 12.4. The molecule has 0 saturated heterocycles. The minimum absolute atomic E-state index is 0.0104. The predicted octanol–water partition coefficient (Wildman–Crippen LogP) is -1.12. The monoisotopic (exact) mass is 324 g/mol. The molecule has 0 aliphatic carbocycles. The second-order valence-corrected chi connectivity index (χ2v) is 4.96. The Morgan fingerprint density at radius 3 is 2.30 bits per heavy atom. The zero-order chi connectivity index (χ0) is 17.4. The molecule has 1 amide bonds. The van der Waals surface area contributed by atoms with Crippen LogP contribution < -0.4 is 16.8 Å². The van der Waals surface area contributed by atoms with Crippen molar-refractivity contribution in [3.8, 4) is 0 Å². The Kier molecular flexibility index (Phi) is 7.13. The van der Waals surface area contributed by atoms with Gasteiger partial charge in [-0.3, -0.25) is 19.3 Å². The number of nitrogens with zero attached hydrogens (tertiary/aromatic N) is 1. The van der Waals surface area contributed by atoms with E-state index in [9.17, 15) is 14.4 Å². The van der Waals surface area contributed by atoms with Gasteiger partial charge in [0.05, 0.1) is 19.1 Å². The molecule has 1 rings (SSSR count). The smallest absolute Gasteiger partial charge is 0.317 e. The zero-order valence-corrected chi connectivity index (χ0v) is 12.4. The molecule has 126 valence electrons. The lowest BCUT2D eigenvalue weighted by molar-refractivity contribution is -0.142. The van der Waals surface area contributed by atoms with Crippen LogP contribution >= 0.6 is 0 Å². The minimum atomic E-state index is -1.12. The number of hydrogen-bond donors (Lipinski definition) is 5. The normalized spacial score (nSPS) is 12.0. The van der Waals surface area contributed by atoms with E-state index in [1.165, 1.54) is 4.90 Å². The predicted molar refractivity (Wildman–Crippen MR) is 82.7 cm³/mol. The van der Waals surface area contributed by atoms with Crippen molar-refractivity contribution in [2.45, 2.75) is 12.6 Å². The van der Waals surface area contributed by atoms with Crippen LogP contribution in [0.4, 0.5) is 5.69 Å². The third-order valence-corrected chi connectivity index (χ3v) is 2.91. The Hall–Kier alpha value is -2.49. The van der Waals surface area contributed by atoms with Gasteiger partial charge in [0.25, 0.3) is 0 Å². The molecular weight excluding hydrogens is 304 g/mol. The third-order valence-electron chi connectivity index (χ3n) is 2.91. The van der Waals surface area contributed by atoms with Crippen LogP contribution in [-0.2, 0) is 20.9 Å². The number of nitrogens with one attached hydrogen (secondary N) is 1. The molecule has 0 aliphatic heterocycles. The molecule has 1 aromatic rings. The average Bonchev–Trinajstić information content (AvgIpc) is 2.45. The first-order valence-corrected chi connectivity index (χ1v) is 6.83. The number of carbonyl (C=O) groups excluding carboxylic acids is 1. The third kappa shape index (κ3) is 6.87. The van der Waals surface area contributed by atoms with Crippen molar-refractivity contribution in [3.05, 3.63) is 29.8 Å². The number of hydrogen-bond acceptors (Lipinski definition) is 6. The highest BCUT2D eigenvalue weighted by Crippen LogP contribution is 2.13. The molecule has 0 radical (unpaired) electrons. The topological polar surface area (TPSA) is 159 Å². The number of carboxylic acid groups (broad SMARTS) is 2. The van der Waals surface area contributed by atoms with E-state index in [0.717, 1.165) is 0 Å². The van der Waals surface area contributed by atoms with E-state index in [4.69, 9.17) is 21.7 Å². The quantitative estimate of drug-likeness (QED) is 0.382. The number of nitrogens with two attached hydrogens (primary N) is 2. The molecule has 9 nitrogen and oxygen atoms in total. The van der Waals surface area contributed by atoms with Crippen LogP contribution in [0.1, 0.15) is 5.56 Å². The molecule has 0 aromatic heterocycles. The first-order valence-electron chi connectivity index (χ1n) is 6.83. The van der Waals surface area contributed by atoms with Gasteiger partial charge in [-0.15, -0.1) is 0 Å². The van der Waals surface area contributed by atoms with E-state index in [1.807, 2.05) is 0 Å². The Balaban J connectivity index is 2.79. The summed E-state index contributed by atoms with van der Waals surface area (Å²) >= 11 is 0. The lowest BCUT2D eigenvalue weighted by Crippen LogP contribution is -2.41. The minimum Gasteiger partial charge on any atom is -0.480 e. The molecule has 7 N–H and O–H groups in total. The Labute approximate surface area is 132 Å². The van der Waals surface area contributed by atoms with Crippen LogP contribution in [-0.4, -0.2) is 58.6 Å². The number of benzene rings is 1. The maximum atomic E-state index is 11.7. The Morgan fingerprint density at radius 1 is 1.17 bits per heavy atom. The van der Waals surface area contributed by atoms with Gasteiger partial charge in [0.15, 0.2) is 0 Å². The van der Waals surface area contributed by atoms with Gasteiger partial charge in [0.2, 0.25) is 5.91 Å². The number of rotatable bonds is 9. The summed E-state index contributed by atoms with van der Waals surface area (Å²) in [5, 5.41) is 20.2. The van der Waals surface area contributed by atoms with Crippen molar-refractivity contribution in [2.24, 2.45) is 11.5 Å². The molecule has 0 spiro atoms. The fourth-order valence-electron chi connectivity index (χ4n) is 1.90. The van der Waals surface area contributed by atoms with Crippen LogP contribution in [0.5, 0.6) is 0 Å². The number of anilines is 1. The van der Waals surface area contributed by atoms with Crippen molar-refractivity contribution >= 4 is 23.5 Å². The van der Waals surface area contributed by atoms with Crippen molar-refractivity contribution in [1.29, 1.82) is 0 Å². The summed E-state index contributed by atoms with van der Waals surface area (Å²) in [5.74, 6) is -2.67. The number of carbonyl (C=O) groups is 3. The maximum Gasteiger partial charge on any atom is 0.317 e. The second-order valence-electron chi connectivity index (χ2n) is 4.96. The lowest BCUT2D eigenvalue weighted by atomic mass is 10.1. The van der Waals surface area contributed by atoms with Crippen LogP contribution in [0.2, 0.25) is 0 Å². The first kappa shape index (κ1) is 18.6. The molecule has 0 saturated carbocycles. The summed E-state index contributed by atoms with van der Waals surface area (Å²) < 4.78 is 0. The number of carboxylic acids is 2. The molecule has 23 heavy (non-hydrogen) atoms. The molecule has 1 atom stereocenters. The van der Waals surface area contributed by atoms with Crippen molar-refractivity contribution in [2.75, 3.05) is 25.0 Å². The van der Waals surface area contributed by atoms with Gasteiger partial charge in [0.1, 0.15) is 0 Å². The van der Waals surface area contributed by atoms with Crippen LogP contribution in [0.25, 0.3) is 0 Å².